The molecule has 1 heterocycles. The largest absolute Gasteiger partial charge is 0.496 e. The van der Waals surface area contributed by atoms with E-state index in [0.717, 1.165) is 40.4 Å². The minimum absolute atomic E-state index is 0.446. The van der Waals surface area contributed by atoms with Crippen LogP contribution in [0, 0.1) is 0 Å². The van der Waals surface area contributed by atoms with E-state index in [1.54, 1.807) is 7.11 Å². The smallest absolute Gasteiger partial charge is 0.161 e. The summed E-state index contributed by atoms with van der Waals surface area (Å²) in [5, 5.41) is 0. The maximum absolute atomic E-state index is 5.78. The van der Waals surface area contributed by atoms with Crippen LogP contribution in [0.4, 0.5) is 0 Å². The Morgan fingerprint density at radius 2 is 1.71 bits per heavy atom. The molecule has 0 aromatic heterocycles. The quantitative estimate of drug-likeness (QED) is 0.942. The van der Waals surface area contributed by atoms with Gasteiger partial charge in [0.25, 0.3) is 0 Å². The molecule has 0 radical (unpaired) electrons. The first-order chi connectivity index (χ1) is 10.3. The van der Waals surface area contributed by atoms with Gasteiger partial charge in [0.2, 0.25) is 0 Å². The van der Waals surface area contributed by atoms with Gasteiger partial charge >= 0.3 is 0 Å². The average Bonchev–Trinajstić information content (AvgIpc) is 2.78. The van der Waals surface area contributed by atoms with Crippen LogP contribution in [-0.2, 0) is 6.54 Å². The Bertz CT molecular complexity index is 640. The standard InChI is InChI=1S/C17H19NO3/c1-19-15-5-3-12(9-14(15)11-18)13-4-6-16-17(10-13)21-8-2-7-20-16/h3-6,9-10H,2,7-8,11,18H2,1H3. The lowest BCUT2D eigenvalue weighted by atomic mass is 10.0. The molecule has 2 aromatic carbocycles. The first kappa shape index (κ1) is 13.8. The van der Waals surface area contributed by atoms with E-state index in [4.69, 9.17) is 19.9 Å². The van der Waals surface area contributed by atoms with Gasteiger partial charge in [0.05, 0.1) is 20.3 Å². The topological polar surface area (TPSA) is 53.7 Å². The summed E-state index contributed by atoms with van der Waals surface area (Å²) in [5.74, 6) is 2.43. The van der Waals surface area contributed by atoms with Gasteiger partial charge in [-0.15, -0.1) is 0 Å². The lowest BCUT2D eigenvalue weighted by Gasteiger charge is -2.12. The van der Waals surface area contributed by atoms with Crippen molar-refractivity contribution in [1.82, 2.24) is 0 Å². The Morgan fingerprint density at radius 1 is 1.00 bits per heavy atom. The van der Waals surface area contributed by atoms with Crippen molar-refractivity contribution >= 4 is 0 Å². The van der Waals surface area contributed by atoms with E-state index in [0.29, 0.717) is 19.8 Å². The molecule has 1 aliphatic rings. The molecular weight excluding hydrogens is 266 g/mol. The molecular formula is C17H19NO3. The molecule has 0 aliphatic carbocycles. The van der Waals surface area contributed by atoms with Crippen LogP contribution in [-0.4, -0.2) is 20.3 Å². The number of nitrogens with two attached hydrogens (primary N) is 1. The van der Waals surface area contributed by atoms with E-state index >= 15 is 0 Å². The zero-order valence-corrected chi connectivity index (χ0v) is 12.1. The molecule has 110 valence electrons. The van der Waals surface area contributed by atoms with Crippen LogP contribution in [0.15, 0.2) is 36.4 Å². The lowest BCUT2D eigenvalue weighted by Crippen LogP contribution is -2.00. The van der Waals surface area contributed by atoms with Crippen molar-refractivity contribution in [3.63, 3.8) is 0 Å². The summed E-state index contributed by atoms with van der Waals surface area (Å²) >= 11 is 0. The van der Waals surface area contributed by atoms with Crippen LogP contribution in [0.5, 0.6) is 17.2 Å². The van der Waals surface area contributed by atoms with E-state index in [2.05, 4.69) is 6.07 Å². The molecule has 4 nitrogen and oxygen atoms in total. The van der Waals surface area contributed by atoms with Crippen LogP contribution in [0.25, 0.3) is 11.1 Å². The number of ether oxygens (including phenoxy) is 3. The van der Waals surface area contributed by atoms with E-state index in [-0.39, 0.29) is 0 Å². The highest BCUT2D eigenvalue weighted by Gasteiger charge is 2.12. The molecule has 1 aliphatic heterocycles. The normalized spacial score (nSPS) is 13.6. The lowest BCUT2D eigenvalue weighted by molar-refractivity contribution is 0.297. The summed E-state index contributed by atoms with van der Waals surface area (Å²) < 4.78 is 16.7. The predicted octanol–water partition coefficient (Wildman–Crippen LogP) is 2.98. The fourth-order valence-corrected chi connectivity index (χ4v) is 2.46. The number of hydrogen-bond donors (Lipinski definition) is 1. The van der Waals surface area contributed by atoms with Crippen LogP contribution >= 0.6 is 0 Å². The minimum atomic E-state index is 0.446. The maximum atomic E-state index is 5.78. The fourth-order valence-electron chi connectivity index (χ4n) is 2.46. The van der Waals surface area contributed by atoms with Crippen LogP contribution in [0.3, 0.4) is 0 Å². The molecule has 0 unspecified atom stereocenters. The second-order valence-corrected chi connectivity index (χ2v) is 4.94. The van der Waals surface area contributed by atoms with Crippen molar-refractivity contribution in [3.05, 3.63) is 42.0 Å². The monoisotopic (exact) mass is 285 g/mol. The van der Waals surface area contributed by atoms with Gasteiger partial charge in [0.1, 0.15) is 5.75 Å². The molecule has 0 saturated heterocycles. The molecule has 3 rings (SSSR count). The first-order valence-corrected chi connectivity index (χ1v) is 7.09. The van der Waals surface area contributed by atoms with Crippen LogP contribution < -0.4 is 19.9 Å². The van der Waals surface area contributed by atoms with Crippen molar-refractivity contribution in [1.29, 1.82) is 0 Å². The third-order valence-corrected chi connectivity index (χ3v) is 3.58. The third kappa shape index (κ3) is 2.81. The maximum Gasteiger partial charge on any atom is 0.161 e. The van der Waals surface area contributed by atoms with E-state index in [1.165, 1.54) is 0 Å². The van der Waals surface area contributed by atoms with E-state index in [9.17, 15) is 0 Å². The number of hydrogen-bond acceptors (Lipinski definition) is 4. The molecule has 0 saturated carbocycles. The van der Waals surface area contributed by atoms with E-state index in [1.807, 2.05) is 30.3 Å². The molecule has 0 bridgehead atoms. The van der Waals surface area contributed by atoms with Gasteiger partial charge in [-0.25, -0.2) is 0 Å². The van der Waals surface area contributed by atoms with Crippen LogP contribution in [0.1, 0.15) is 12.0 Å². The minimum Gasteiger partial charge on any atom is -0.496 e. The van der Waals surface area contributed by atoms with Crippen LogP contribution in [0.2, 0.25) is 0 Å². The fraction of sp³-hybridized carbons (Fsp3) is 0.294. The first-order valence-electron chi connectivity index (χ1n) is 7.09. The summed E-state index contributed by atoms with van der Waals surface area (Å²) in [6, 6.07) is 12.0. The number of fused-ring (bicyclic) bond motifs is 1. The Labute approximate surface area is 124 Å². The average molecular weight is 285 g/mol. The van der Waals surface area contributed by atoms with Crippen molar-refractivity contribution in [2.24, 2.45) is 5.73 Å². The molecule has 0 spiro atoms. The van der Waals surface area contributed by atoms with Gasteiger partial charge in [-0.3, -0.25) is 0 Å². The number of benzene rings is 2. The summed E-state index contributed by atoms with van der Waals surface area (Å²) in [4.78, 5) is 0. The van der Waals surface area contributed by atoms with Gasteiger partial charge in [-0.1, -0.05) is 12.1 Å². The number of methoxy groups -OCH3 is 1. The SMILES string of the molecule is COc1ccc(-c2ccc3c(c2)OCCCO3)cc1CN. The molecule has 2 aromatic rings. The Balaban J connectivity index is 1.98. The second kappa shape index (κ2) is 6.06. The van der Waals surface area contributed by atoms with Gasteiger partial charge < -0.3 is 19.9 Å². The Morgan fingerprint density at radius 3 is 2.48 bits per heavy atom. The van der Waals surface area contributed by atoms with Gasteiger partial charge in [0, 0.05) is 18.5 Å². The molecule has 21 heavy (non-hydrogen) atoms. The van der Waals surface area contributed by atoms with Crippen molar-refractivity contribution < 1.29 is 14.2 Å². The van der Waals surface area contributed by atoms with Gasteiger partial charge in [-0.05, 0) is 35.4 Å². The van der Waals surface area contributed by atoms with Crippen molar-refractivity contribution in [2.75, 3.05) is 20.3 Å². The third-order valence-electron chi connectivity index (χ3n) is 3.58. The molecule has 0 atom stereocenters. The Hall–Kier alpha value is -2.20. The highest BCUT2D eigenvalue weighted by molar-refractivity contribution is 5.69. The van der Waals surface area contributed by atoms with Gasteiger partial charge in [0.15, 0.2) is 11.5 Å². The summed E-state index contributed by atoms with van der Waals surface area (Å²) in [6.45, 7) is 1.83. The van der Waals surface area contributed by atoms with E-state index < -0.39 is 0 Å². The predicted molar refractivity (Wildman–Crippen MR) is 81.9 cm³/mol. The molecule has 0 fully saturated rings. The molecule has 2 N–H and O–H groups in total. The van der Waals surface area contributed by atoms with Gasteiger partial charge in [-0.2, -0.15) is 0 Å². The summed E-state index contributed by atoms with van der Waals surface area (Å²) in [6.07, 6.45) is 0.907. The Kier molecular flexibility index (Phi) is 3.97. The second-order valence-electron chi connectivity index (χ2n) is 4.94. The molecule has 0 amide bonds. The van der Waals surface area contributed by atoms with Crippen molar-refractivity contribution in [3.8, 4) is 28.4 Å². The molecule has 4 heteroatoms. The zero-order valence-electron chi connectivity index (χ0n) is 12.1. The zero-order chi connectivity index (χ0) is 14.7. The highest BCUT2D eigenvalue weighted by atomic mass is 16.5. The number of rotatable bonds is 3. The van der Waals surface area contributed by atoms with Crippen molar-refractivity contribution in [2.45, 2.75) is 13.0 Å². The highest BCUT2D eigenvalue weighted by Crippen LogP contribution is 2.35. The summed E-state index contributed by atoms with van der Waals surface area (Å²) in [5.41, 5.74) is 8.94. The summed E-state index contributed by atoms with van der Waals surface area (Å²) in [7, 11) is 1.65.